The van der Waals surface area contributed by atoms with Gasteiger partial charge in [0, 0.05) is 5.71 Å². The van der Waals surface area contributed by atoms with Crippen LogP contribution in [0, 0.1) is 0 Å². The first-order chi connectivity index (χ1) is 7.58. The van der Waals surface area contributed by atoms with E-state index in [0.717, 1.165) is 0 Å². The Bertz CT molecular complexity index is 391. The summed E-state index contributed by atoms with van der Waals surface area (Å²) in [5, 5.41) is 20.1. The van der Waals surface area contributed by atoms with Crippen molar-refractivity contribution in [1.29, 1.82) is 0 Å². The van der Waals surface area contributed by atoms with E-state index >= 15 is 0 Å². The van der Waals surface area contributed by atoms with Gasteiger partial charge < -0.3 is 5.11 Å². The van der Waals surface area contributed by atoms with Gasteiger partial charge in [-0.15, -0.1) is 10.2 Å². The van der Waals surface area contributed by atoms with Crippen molar-refractivity contribution in [3.63, 3.8) is 0 Å². The number of carboxylic acids is 1. The van der Waals surface area contributed by atoms with Crippen LogP contribution in [0.4, 0.5) is 5.82 Å². The molecule has 0 aliphatic heterocycles. The maximum absolute atomic E-state index is 10.3. The van der Waals surface area contributed by atoms with Gasteiger partial charge in [0.2, 0.25) is 0 Å². The van der Waals surface area contributed by atoms with Crippen LogP contribution in [0.25, 0.3) is 0 Å². The molecule has 0 spiro atoms. The van der Waals surface area contributed by atoms with Gasteiger partial charge in [-0.25, -0.2) is 0 Å². The molecule has 0 saturated carbocycles. The molecule has 0 aliphatic rings. The molecular formula is C9H11ClN4O2. The van der Waals surface area contributed by atoms with Gasteiger partial charge >= 0.3 is 5.97 Å². The lowest BCUT2D eigenvalue weighted by Gasteiger charge is -2.00. The number of nitrogens with zero attached hydrogens (tertiary/aromatic N) is 3. The standard InChI is InChI=1S/C9H11ClN4O2/c1-6(2-5-9(15)16)11-13-8-4-3-7(10)12-14-8/h3-4H,2,5H2,1H3,(H,13,14)(H,15,16). The number of hydrogen-bond acceptors (Lipinski definition) is 5. The SMILES string of the molecule is CC(CCC(=O)O)=NNc1ccc(Cl)nn1. The summed E-state index contributed by atoms with van der Waals surface area (Å²) in [4.78, 5) is 10.3. The molecule has 0 atom stereocenters. The molecule has 16 heavy (non-hydrogen) atoms. The van der Waals surface area contributed by atoms with Crippen LogP contribution in [0.5, 0.6) is 0 Å². The van der Waals surface area contributed by atoms with Crippen LogP contribution in [0.15, 0.2) is 17.2 Å². The summed E-state index contributed by atoms with van der Waals surface area (Å²) in [7, 11) is 0. The van der Waals surface area contributed by atoms with E-state index in [0.29, 0.717) is 23.1 Å². The molecule has 1 heterocycles. The molecule has 1 aromatic heterocycles. The molecular weight excluding hydrogens is 232 g/mol. The normalized spacial score (nSPS) is 11.2. The topological polar surface area (TPSA) is 87.5 Å². The van der Waals surface area contributed by atoms with E-state index in [1.165, 1.54) is 0 Å². The Kier molecular flexibility index (Phi) is 4.65. The summed E-state index contributed by atoms with van der Waals surface area (Å²) in [6.45, 7) is 1.74. The second kappa shape index (κ2) is 6.02. The molecule has 1 rings (SSSR count). The Balaban J connectivity index is 2.45. The molecule has 0 bridgehead atoms. The van der Waals surface area contributed by atoms with Gasteiger partial charge in [-0.1, -0.05) is 11.6 Å². The van der Waals surface area contributed by atoms with Crippen molar-refractivity contribution >= 4 is 29.1 Å². The van der Waals surface area contributed by atoms with Crippen LogP contribution >= 0.6 is 11.6 Å². The molecule has 7 heteroatoms. The Morgan fingerprint density at radius 3 is 2.81 bits per heavy atom. The average molecular weight is 243 g/mol. The fraction of sp³-hybridized carbons (Fsp3) is 0.333. The van der Waals surface area contributed by atoms with E-state index in [9.17, 15) is 4.79 Å². The number of hydrogen-bond donors (Lipinski definition) is 2. The first-order valence-corrected chi connectivity index (χ1v) is 4.96. The van der Waals surface area contributed by atoms with Crippen LogP contribution in [0.3, 0.4) is 0 Å². The first-order valence-electron chi connectivity index (χ1n) is 4.58. The molecule has 1 aromatic rings. The number of aromatic nitrogens is 2. The number of halogens is 1. The van der Waals surface area contributed by atoms with Crippen molar-refractivity contribution in [2.45, 2.75) is 19.8 Å². The van der Waals surface area contributed by atoms with Gasteiger partial charge in [0.25, 0.3) is 0 Å². The summed E-state index contributed by atoms with van der Waals surface area (Å²) in [5.74, 6) is -0.389. The number of carbonyl (C=O) groups is 1. The van der Waals surface area contributed by atoms with Crippen molar-refractivity contribution < 1.29 is 9.90 Å². The second-order valence-corrected chi connectivity index (χ2v) is 3.48. The maximum Gasteiger partial charge on any atom is 0.303 e. The lowest BCUT2D eigenvalue weighted by molar-refractivity contribution is -0.136. The molecule has 86 valence electrons. The minimum atomic E-state index is -0.846. The maximum atomic E-state index is 10.3. The van der Waals surface area contributed by atoms with E-state index in [2.05, 4.69) is 20.7 Å². The van der Waals surface area contributed by atoms with Gasteiger partial charge in [-0.3, -0.25) is 10.2 Å². The lowest BCUT2D eigenvalue weighted by atomic mass is 10.2. The van der Waals surface area contributed by atoms with E-state index in [4.69, 9.17) is 16.7 Å². The molecule has 0 saturated heterocycles. The summed E-state index contributed by atoms with van der Waals surface area (Å²) >= 11 is 5.56. The third kappa shape index (κ3) is 4.70. The quantitative estimate of drug-likeness (QED) is 0.607. The van der Waals surface area contributed by atoms with Crippen LogP contribution in [0.1, 0.15) is 19.8 Å². The Morgan fingerprint density at radius 1 is 1.50 bits per heavy atom. The summed E-state index contributed by atoms with van der Waals surface area (Å²) in [6.07, 6.45) is 0.451. The van der Waals surface area contributed by atoms with E-state index in [-0.39, 0.29) is 6.42 Å². The zero-order valence-corrected chi connectivity index (χ0v) is 9.40. The predicted molar refractivity (Wildman–Crippen MR) is 60.6 cm³/mol. The van der Waals surface area contributed by atoms with E-state index in [1.54, 1.807) is 19.1 Å². The van der Waals surface area contributed by atoms with E-state index in [1.807, 2.05) is 0 Å². The number of aliphatic carboxylic acids is 1. The first kappa shape index (κ1) is 12.4. The van der Waals surface area contributed by atoms with Crippen LogP contribution in [-0.4, -0.2) is 27.0 Å². The number of carboxylic acid groups (broad SMARTS) is 1. The van der Waals surface area contributed by atoms with Crippen LogP contribution < -0.4 is 5.43 Å². The molecule has 0 aliphatic carbocycles. The number of nitrogens with one attached hydrogen (secondary N) is 1. The minimum absolute atomic E-state index is 0.0588. The molecule has 0 radical (unpaired) electrons. The van der Waals surface area contributed by atoms with Crippen LogP contribution in [-0.2, 0) is 4.79 Å². The van der Waals surface area contributed by atoms with Crippen molar-refractivity contribution in [3.05, 3.63) is 17.3 Å². The fourth-order valence-electron chi connectivity index (χ4n) is 0.872. The number of hydrazone groups is 1. The largest absolute Gasteiger partial charge is 0.481 e. The van der Waals surface area contributed by atoms with Crippen LogP contribution in [0.2, 0.25) is 5.15 Å². The molecule has 0 amide bonds. The molecule has 6 nitrogen and oxygen atoms in total. The Hall–Kier alpha value is -1.69. The number of anilines is 1. The van der Waals surface area contributed by atoms with Gasteiger partial charge in [0.15, 0.2) is 11.0 Å². The zero-order chi connectivity index (χ0) is 12.0. The van der Waals surface area contributed by atoms with Crippen molar-refractivity contribution in [1.82, 2.24) is 10.2 Å². The van der Waals surface area contributed by atoms with Gasteiger partial charge in [0.1, 0.15) is 0 Å². The molecule has 0 unspecified atom stereocenters. The van der Waals surface area contributed by atoms with Crippen molar-refractivity contribution in [2.75, 3.05) is 5.43 Å². The highest BCUT2D eigenvalue weighted by molar-refractivity contribution is 6.29. The third-order valence-corrected chi connectivity index (χ3v) is 1.90. The fourth-order valence-corrected chi connectivity index (χ4v) is 0.973. The molecule has 0 fully saturated rings. The monoisotopic (exact) mass is 242 g/mol. The molecule has 0 aromatic carbocycles. The smallest absolute Gasteiger partial charge is 0.303 e. The van der Waals surface area contributed by atoms with Gasteiger partial charge in [-0.05, 0) is 25.5 Å². The van der Waals surface area contributed by atoms with E-state index < -0.39 is 5.97 Å². The zero-order valence-electron chi connectivity index (χ0n) is 8.64. The Morgan fingerprint density at radius 2 is 2.25 bits per heavy atom. The minimum Gasteiger partial charge on any atom is -0.481 e. The summed E-state index contributed by atoms with van der Waals surface area (Å²) < 4.78 is 0. The highest BCUT2D eigenvalue weighted by Gasteiger charge is 1.99. The van der Waals surface area contributed by atoms with Crippen molar-refractivity contribution in [3.8, 4) is 0 Å². The summed E-state index contributed by atoms with van der Waals surface area (Å²) in [5.41, 5.74) is 3.34. The Labute approximate surface area is 97.3 Å². The second-order valence-electron chi connectivity index (χ2n) is 3.09. The molecule has 2 N–H and O–H groups in total. The summed E-state index contributed by atoms with van der Waals surface area (Å²) in [6, 6.07) is 3.21. The third-order valence-electron chi connectivity index (χ3n) is 1.69. The highest BCUT2D eigenvalue weighted by Crippen LogP contribution is 2.06. The number of rotatable bonds is 5. The van der Waals surface area contributed by atoms with Gasteiger partial charge in [-0.2, -0.15) is 5.10 Å². The van der Waals surface area contributed by atoms with Crippen molar-refractivity contribution in [2.24, 2.45) is 5.10 Å². The average Bonchev–Trinajstić information content (AvgIpc) is 2.25. The predicted octanol–water partition coefficient (Wildman–Crippen LogP) is 1.78. The lowest BCUT2D eigenvalue weighted by Crippen LogP contribution is -2.03. The van der Waals surface area contributed by atoms with Gasteiger partial charge in [0.05, 0.1) is 6.42 Å². The highest BCUT2D eigenvalue weighted by atomic mass is 35.5.